The fraction of sp³-hybridized carbons (Fsp3) is 0.533. The number of amides is 1. The summed E-state index contributed by atoms with van der Waals surface area (Å²) in [5.74, 6) is -0.762. The van der Waals surface area contributed by atoms with E-state index in [1.165, 1.54) is 19.2 Å². The summed E-state index contributed by atoms with van der Waals surface area (Å²) in [6.07, 6.45) is 0. The molecule has 0 saturated carbocycles. The maximum Gasteiger partial charge on any atom is 0.235 e. The summed E-state index contributed by atoms with van der Waals surface area (Å²) >= 11 is 0. The molecular weight excluding hydrogens is 335 g/mol. The Bertz CT molecular complexity index is 670. The van der Waals surface area contributed by atoms with Crippen molar-refractivity contribution >= 4 is 15.9 Å². The summed E-state index contributed by atoms with van der Waals surface area (Å²) in [4.78, 5) is 12.0. The quantitative estimate of drug-likeness (QED) is 0.664. The van der Waals surface area contributed by atoms with Gasteiger partial charge in [0.15, 0.2) is 0 Å². The first-order valence-corrected chi connectivity index (χ1v) is 9.19. The minimum Gasteiger partial charge on any atom is -0.351 e. The van der Waals surface area contributed by atoms with E-state index in [-0.39, 0.29) is 31.0 Å². The maximum absolute atomic E-state index is 12.8. The molecule has 1 heterocycles. The Hall–Kier alpha value is -1.55. The molecule has 134 valence electrons. The van der Waals surface area contributed by atoms with Gasteiger partial charge in [0.05, 0.1) is 6.54 Å². The summed E-state index contributed by atoms with van der Waals surface area (Å²) in [5.41, 5.74) is 6.53. The predicted octanol–water partition coefficient (Wildman–Crippen LogP) is -0.0431. The molecule has 2 unspecified atom stereocenters. The van der Waals surface area contributed by atoms with Crippen LogP contribution in [0.15, 0.2) is 24.3 Å². The standard InChI is InChI=1S/C15H23FN4O3S/c1-10-15(11(2)19-18-10)24(22,23)20(3)9-14(21)17-8-12-4-6-13(16)7-5-12/h4-7,10-11,15,18-19H,8-9H2,1-3H3,(H,17,21). The molecule has 1 aliphatic heterocycles. The van der Waals surface area contributed by atoms with E-state index in [9.17, 15) is 17.6 Å². The van der Waals surface area contributed by atoms with Crippen LogP contribution in [0.3, 0.4) is 0 Å². The number of hydrogen-bond donors (Lipinski definition) is 3. The number of nitrogens with one attached hydrogen (secondary N) is 3. The Labute approximate surface area is 141 Å². The molecule has 0 radical (unpaired) electrons. The molecule has 2 atom stereocenters. The number of carbonyl (C=O) groups excluding carboxylic acids is 1. The highest BCUT2D eigenvalue weighted by molar-refractivity contribution is 7.89. The number of benzene rings is 1. The number of nitrogens with zero attached hydrogens (tertiary/aromatic N) is 1. The van der Waals surface area contributed by atoms with Crippen molar-refractivity contribution in [3.8, 4) is 0 Å². The van der Waals surface area contributed by atoms with Crippen LogP contribution in [0.5, 0.6) is 0 Å². The van der Waals surface area contributed by atoms with Gasteiger partial charge in [-0.1, -0.05) is 12.1 Å². The van der Waals surface area contributed by atoms with E-state index in [4.69, 9.17) is 0 Å². The molecule has 7 nitrogen and oxygen atoms in total. The number of hydrogen-bond acceptors (Lipinski definition) is 5. The van der Waals surface area contributed by atoms with Gasteiger partial charge in [-0.05, 0) is 31.5 Å². The minimum atomic E-state index is -3.62. The van der Waals surface area contributed by atoms with Gasteiger partial charge in [-0.2, -0.15) is 4.31 Å². The molecule has 1 aromatic rings. The van der Waals surface area contributed by atoms with Gasteiger partial charge in [0.2, 0.25) is 15.9 Å². The summed E-state index contributed by atoms with van der Waals surface area (Å²) < 4.78 is 39.1. The average molecular weight is 358 g/mol. The second-order valence-electron chi connectivity index (χ2n) is 6.03. The molecule has 1 amide bonds. The molecule has 1 saturated heterocycles. The number of sulfonamides is 1. The van der Waals surface area contributed by atoms with Gasteiger partial charge in [0.1, 0.15) is 11.1 Å². The van der Waals surface area contributed by atoms with Crippen LogP contribution in [-0.2, 0) is 21.4 Å². The second-order valence-corrected chi connectivity index (χ2v) is 8.23. The van der Waals surface area contributed by atoms with Gasteiger partial charge >= 0.3 is 0 Å². The Morgan fingerprint density at radius 1 is 1.21 bits per heavy atom. The van der Waals surface area contributed by atoms with Crippen molar-refractivity contribution in [1.82, 2.24) is 20.5 Å². The van der Waals surface area contributed by atoms with Crippen molar-refractivity contribution in [1.29, 1.82) is 0 Å². The predicted molar refractivity (Wildman–Crippen MR) is 88.8 cm³/mol. The van der Waals surface area contributed by atoms with Crippen LogP contribution >= 0.6 is 0 Å². The second kappa shape index (κ2) is 7.56. The van der Waals surface area contributed by atoms with Crippen molar-refractivity contribution < 1.29 is 17.6 Å². The van der Waals surface area contributed by atoms with Gasteiger partial charge < -0.3 is 5.32 Å². The van der Waals surface area contributed by atoms with E-state index in [1.54, 1.807) is 26.0 Å². The highest BCUT2D eigenvalue weighted by Crippen LogP contribution is 2.18. The third-order valence-electron chi connectivity index (χ3n) is 4.07. The lowest BCUT2D eigenvalue weighted by Gasteiger charge is -2.25. The Morgan fingerprint density at radius 2 is 1.75 bits per heavy atom. The molecule has 0 bridgehead atoms. The number of halogens is 1. The van der Waals surface area contributed by atoms with Gasteiger partial charge in [-0.3, -0.25) is 15.6 Å². The molecule has 0 aromatic heterocycles. The van der Waals surface area contributed by atoms with Crippen LogP contribution < -0.4 is 16.2 Å². The normalized spacial score (nSPS) is 24.3. The zero-order valence-electron chi connectivity index (χ0n) is 13.9. The van der Waals surface area contributed by atoms with Gasteiger partial charge in [-0.25, -0.2) is 12.8 Å². The smallest absolute Gasteiger partial charge is 0.235 e. The summed E-state index contributed by atoms with van der Waals surface area (Å²) in [6, 6.07) is 5.23. The lowest BCUT2D eigenvalue weighted by Crippen LogP contribution is -2.48. The fourth-order valence-electron chi connectivity index (χ4n) is 2.73. The summed E-state index contributed by atoms with van der Waals surface area (Å²) in [6.45, 7) is 3.51. The van der Waals surface area contributed by atoms with E-state index in [1.807, 2.05) is 0 Å². The molecule has 3 N–H and O–H groups in total. The van der Waals surface area contributed by atoms with Crippen LogP contribution in [0.1, 0.15) is 19.4 Å². The molecule has 2 rings (SSSR count). The third-order valence-corrected chi connectivity index (χ3v) is 6.57. The SMILES string of the molecule is CC1NNC(C)C1S(=O)(=O)N(C)CC(=O)NCc1ccc(F)cc1. The molecule has 0 aliphatic carbocycles. The zero-order chi connectivity index (χ0) is 17.9. The highest BCUT2D eigenvalue weighted by atomic mass is 32.2. The van der Waals surface area contributed by atoms with Crippen LogP contribution in [0.25, 0.3) is 0 Å². The zero-order valence-corrected chi connectivity index (χ0v) is 14.7. The summed E-state index contributed by atoms with van der Waals surface area (Å²) in [5, 5.41) is 1.99. The fourth-order valence-corrected chi connectivity index (χ4v) is 4.62. The summed E-state index contributed by atoms with van der Waals surface area (Å²) in [7, 11) is -2.23. The average Bonchev–Trinajstić information content (AvgIpc) is 2.86. The Balaban J connectivity index is 1.92. The monoisotopic (exact) mass is 358 g/mol. The molecule has 1 fully saturated rings. The van der Waals surface area contributed by atoms with Crippen LogP contribution in [0, 0.1) is 5.82 Å². The molecule has 1 aliphatic rings. The van der Waals surface area contributed by atoms with Crippen molar-refractivity contribution in [2.24, 2.45) is 0 Å². The number of hydrazine groups is 1. The van der Waals surface area contributed by atoms with Gasteiger partial charge in [0, 0.05) is 25.7 Å². The van der Waals surface area contributed by atoms with E-state index in [0.717, 1.165) is 9.87 Å². The van der Waals surface area contributed by atoms with Crippen LogP contribution in [0.2, 0.25) is 0 Å². The largest absolute Gasteiger partial charge is 0.351 e. The topological polar surface area (TPSA) is 90.5 Å². The van der Waals surface area contributed by atoms with Crippen molar-refractivity contribution in [2.75, 3.05) is 13.6 Å². The first-order chi connectivity index (χ1) is 11.2. The van der Waals surface area contributed by atoms with Gasteiger partial charge in [-0.15, -0.1) is 0 Å². The first-order valence-electron chi connectivity index (χ1n) is 7.69. The molecule has 9 heteroatoms. The highest BCUT2D eigenvalue weighted by Gasteiger charge is 2.42. The number of rotatable bonds is 6. The van der Waals surface area contributed by atoms with Crippen molar-refractivity contribution in [2.45, 2.75) is 37.7 Å². The number of likely N-dealkylation sites (N-methyl/N-ethyl adjacent to an activating group) is 1. The van der Waals surface area contributed by atoms with E-state index in [2.05, 4.69) is 16.2 Å². The molecular formula is C15H23FN4O3S. The van der Waals surface area contributed by atoms with Crippen molar-refractivity contribution in [3.63, 3.8) is 0 Å². The molecule has 1 aromatic carbocycles. The van der Waals surface area contributed by atoms with E-state index >= 15 is 0 Å². The molecule has 0 spiro atoms. The lowest BCUT2D eigenvalue weighted by atomic mass is 10.2. The molecule has 24 heavy (non-hydrogen) atoms. The minimum absolute atomic E-state index is 0.215. The van der Waals surface area contributed by atoms with Crippen LogP contribution in [0.4, 0.5) is 4.39 Å². The van der Waals surface area contributed by atoms with E-state index in [0.29, 0.717) is 0 Å². The lowest BCUT2D eigenvalue weighted by molar-refractivity contribution is -0.121. The maximum atomic E-state index is 12.8. The van der Waals surface area contributed by atoms with Gasteiger partial charge in [0.25, 0.3) is 0 Å². The third kappa shape index (κ3) is 4.29. The number of carbonyl (C=O) groups is 1. The Kier molecular flexibility index (Phi) is 5.92. The first kappa shape index (κ1) is 18.8. The van der Waals surface area contributed by atoms with E-state index < -0.39 is 21.2 Å². The van der Waals surface area contributed by atoms with Crippen molar-refractivity contribution in [3.05, 3.63) is 35.6 Å². The van der Waals surface area contributed by atoms with Crippen LogP contribution in [-0.4, -0.2) is 49.6 Å². The Morgan fingerprint density at radius 3 is 2.29 bits per heavy atom.